The fourth-order valence-corrected chi connectivity index (χ4v) is 1.62. The van der Waals surface area contributed by atoms with Crippen LogP contribution in [-0.2, 0) is 11.2 Å². The van der Waals surface area contributed by atoms with Crippen molar-refractivity contribution in [3.05, 3.63) is 29.6 Å². The quantitative estimate of drug-likeness (QED) is 0.815. The monoisotopic (exact) mass is 255 g/mol. The van der Waals surface area contributed by atoms with E-state index in [9.17, 15) is 9.18 Å². The summed E-state index contributed by atoms with van der Waals surface area (Å²) in [6, 6.07) is 4.05. The minimum Gasteiger partial charge on any atom is -0.488 e. The van der Waals surface area contributed by atoms with E-state index in [0.717, 1.165) is 0 Å². The smallest absolute Gasteiger partial charge is 0.304 e. The van der Waals surface area contributed by atoms with Crippen LogP contribution in [0, 0.1) is 5.82 Å². The van der Waals surface area contributed by atoms with Crippen LogP contribution in [-0.4, -0.2) is 23.2 Å². The lowest BCUT2D eigenvalue weighted by Gasteiger charge is -2.13. The molecule has 4 nitrogen and oxygen atoms in total. The van der Waals surface area contributed by atoms with Crippen molar-refractivity contribution in [3.63, 3.8) is 0 Å². The number of carbonyl (C=O) groups is 1. The van der Waals surface area contributed by atoms with Gasteiger partial charge in [-0.25, -0.2) is 4.39 Å². The van der Waals surface area contributed by atoms with Crippen LogP contribution in [0.4, 0.5) is 4.39 Å². The van der Waals surface area contributed by atoms with Gasteiger partial charge >= 0.3 is 5.97 Å². The second-order valence-electron chi connectivity index (χ2n) is 4.49. The van der Waals surface area contributed by atoms with E-state index in [1.807, 2.05) is 13.8 Å². The summed E-state index contributed by atoms with van der Waals surface area (Å²) in [5.74, 6) is -1.22. The summed E-state index contributed by atoms with van der Waals surface area (Å²) in [5, 5.41) is 8.59. The van der Waals surface area contributed by atoms with E-state index in [2.05, 4.69) is 0 Å². The maximum atomic E-state index is 13.6. The number of hydrogen-bond donors (Lipinski definition) is 2. The zero-order valence-corrected chi connectivity index (χ0v) is 10.5. The third kappa shape index (κ3) is 4.71. The van der Waals surface area contributed by atoms with Crippen LogP contribution in [0.1, 0.15) is 25.8 Å². The number of ether oxygens (including phenoxy) is 1. The van der Waals surface area contributed by atoms with Crippen LogP contribution in [0.15, 0.2) is 18.2 Å². The molecule has 0 aromatic heterocycles. The molecule has 100 valence electrons. The Morgan fingerprint density at radius 1 is 1.50 bits per heavy atom. The number of aliphatic carboxylic acids is 1. The van der Waals surface area contributed by atoms with Crippen molar-refractivity contribution in [2.75, 3.05) is 0 Å². The minimum atomic E-state index is -0.956. The van der Waals surface area contributed by atoms with E-state index in [0.29, 0.717) is 12.0 Å². The summed E-state index contributed by atoms with van der Waals surface area (Å²) in [4.78, 5) is 10.5. The molecular formula is C13H18FNO3. The van der Waals surface area contributed by atoms with Gasteiger partial charge in [0.25, 0.3) is 0 Å². The number of benzene rings is 1. The van der Waals surface area contributed by atoms with Crippen molar-refractivity contribution in [1.29, 1.82) is 0 Å². The first-order chi connectivity index (χ1) is 8.38. The van der Waals surface area contributed by atoms with Gasteiger partial charge in [0.2, 0.25) is 0 Å². The average Bonchev–Trinajstić information content (AvgIpc) is 2.20. The summed E-state index contributed by atoms with van der Waals surface area (Å²) in [6.07, 6.45) is 0.0939. The Morgan fingerprint density at radius 3 is 2.67 bits per heavy atom. The predicted octanol–water partition coefficient (Wildman–Crippen LogP) is 1.96. The lowest BCUT2D eigenvalue weighted by atomic mass is 10.0. The maximum absolute atomic E-state index is 13.6. The Balaban J connectivity index is 2.69. The number of carboxylic acids is 1. The third-order valence-electron chi connectivity index (χ3n) is 2.29. The highest BCUT2D eigenvalue weighted by Crippen LogP contribution is 2.20. The van der Waals surface area contributed by atoms with Gasteiger partial charge in [-0.3, -0.25) is 4.79 Å². The Hall–Kier alpha value is -1.62. The van der Waals surface area contributed by atoms with Gasteiger partial charge in [-0.15, -0.1) is 0 Å². The molecule has 0 radical (unpaired) electrons. The molecule has 0 aliphatic carbocycles. The standard InChI is InChI=1S/C13H18FNO3/c1-8(2)18-12-4-3-9(6-11(12)14)5-10(15)7-13(16)17/h3-4,6,8,10H,5,7,15H2,1-2H3,(H,16,17). The lowest BCUT2D eigenvalue weighted by molar-refractivity contribution is -0.137. The van der Waals surface area contributed by atoms with Crippen LogP contribution in [0.2, 0.25) is 0 Å². The van der Waals surface area contributed by atoms with Gasteiger partial charge < -0.3 is 15.6 Å². The Labute approximate surface area is 106 Å². The first-order valence-corrected chi connectivity index (χ1v) is 5.81. The van der Waals surface area contributed by atoms with Crippen molar-refractivity contribution in [1.82, 2.24) is 0 Å². The average molecular weight is 255 g/mol. The van der Waals surface area contributed by atoms with Crippen LogP contribution in [0.5, 0.6) is 5.75 Å². The van der Waals surface area contributed by atoms with Crippen molar-refractivity contribution < 1.29 is 19.0 Å². The molecule has 0 aliphatic heterocycles. The summed E-state index contributed by atoms with van der Waals surface area (Å²) < 4.78 is 18.9. The molecule has 0 saturated heterocycles. The first-order valence-electron chi connectivity index (χ1n) is 5.81. The van der Waals surface area contributed by atoms with E-state index in [-0.39, 0.29) is 18.3 Å². The molecular weight excluding hydrogens is 237 g/mol. The van der Waals surface area contributed by atoms with E-state index < -0.39 is 17.8 Å². The van der Waals surface area contributed by atoms with Crippen LogP contribution >= 0.6 is 0 Å². The van der Waals surface area contributed by atoms with Gasteiger partial charge in [0.05, 0.1) is 12.5 Å². The van der Waals surface area contributed by atoms with Gasteiger partial charge in [-0.1, -0.05) is 6.07 Å². The Kier molecular flexibility index (Phi) is 5.09. The van der Waals surface area contributed by atoms with E-state index in [1.165, 1.54) is 12.1 Å². The molecule has 1 unspecified atom stereocenters. The first kappa shape index (κ1) is 14.4. The molecule has 0 spiro atoms. The Morgan fingerprint density at radius 2 is 2.17 bits per heavy atom. The molecule has 1 atom stereocenters. The zero-order valence-electron chi connectivity index (χ0n) is 10.5. The molecule has 0 bridgehead atoms. The third-order valence-corrected chi connectivity index (χ3v) is 2.29. The van der Waals surface area contributed by atoms with Gasteiger partial charge in [0.1, 0.15) is 0 Å². The normalized spacial score (nSPS) is 12.5. The van der Waals surface area contributed by atoms with Gasteiger partial charge in [0.15, 0.2) is 11.6 Å². The topological polar surface area (TPSA) is 72.5 Å². The van der Waals surface area contributed by atoms with Crippen LogP contribution in [0.3, 0.4) is 0 Å². The molecule has 0 fully saturated rings. The number of nitrogens with two attached hydrogens (primary N) is 1. The molecule has 0 aliphatic rings. The van der Waals surface area contributed by atoms with Crippen molar-refractivity contribution in [2.45, 2.75) is 38.8 Å². The fourth-order valence-electron chi connectivity index (χ4n) is 1.62. The zero-order chi connectivity index (χ0) is 13.7. The van der Waals surface area contributed by atoms with Gasteiger partial charge in [-0.05, 0) is 38.0 Å². The Bertz CT molecular complexity index is 421. The minimum absolute atomic E-state index is 0.0976. The second kappa shape index (κ2) is 6.35. The summed E-state index contributed by atoms with van der Waals surface area (Å²) in [6.45, 7) is 3.63. The highest BCUT2D eigenvalue weighted by Gasteiger charge is 2.11. The van der Waals surface area contributed by atoms with E-state index in [4.69, 9.17) is 15.6 Å². The molecule has 5 heteroatoms. The van der Waals surface area contributed by atoms with E-state index >= 15 is 0 Å². The summed E-state index contributed by atoms with van der Waals surface area (Å²) in [7, 11) is 0. The van der Waals surface area contributed by atoms with Crippen molar-refractivity contribution >= 4 is 5.97 Å². The summed E-state index contributed by atoms with van der Waals surface area (Å²) >= 11 is 0. The van der Waals surface area contributed by atoms with Crippen LogP contribution in [0.25, 0.3) is 0 Å². The molecule has 3 N–H and O–H groups in total. The van der Waals surface area contributed by atoms with Crippen molar-refractivity contribution in [2.24, 2.45) is 5.73 Å². The SMILES string of the molecule is CC(C)Oc1ccc(CC(N)CC(=O)O)cc1F. The van der Waals surface area contributed by atoms with Gasteiger partial charge in [0, 0.05) is 6.04 Å². The molecule has 1 rings (SSSR count). The largest absolute Gasteiger partial charge is 0.488 e. The van der Waals surface area contributed by atoms with E-state index in [1.54, 1.807) is 6.07 Å². The lowest BCUT2D eigenvalue weighted by Crippen LogP contribution is -2.26. The molecule has 0 saturated carbocycles. The number of rotatable bonds is 6. The molecule has 0 heterocycles. The molecule has 1 aromatic rings. The van der Waals surface area contributed by atoms with Crippen molar-refractivity contribution in [3.8, 4) is 5.75 Å². The molecule has 1 aromatic carbocycles. The predicted molar refractivity (Wildman–Crippen MR) is 66.1 cm³/mol. The number of hydrogen-bond acceptors (Lipinski definition) is 3. The highest BCUT2D eigenvalue weighted by atomic mass is 19.1. The summed E-state index contributed by atoms with van der Waals surface area (Å²) in [5.41, 5.74) is 6.31. The number of carboxylic acid groups (broad SMARTS) is 1. The van der Waals surface area contributed by atoms with Gasteiger partial charge in [-0.2, -0.15) is 0 Å². The maximum Gasteiger partial charge on any atom is 0.304 e. The fraction of sp³-hybridized carbons (Fsp3) is 0.462. The second-order valence-corrected chi connectivity index (χ2v) is 4.49. The molecule has 0 amide bonds. The molecule has 18 heavy (non-hydrogen) atoms. The highest BCUT2D eigenvalue weighted by molar-refractivity contribution is 5.67. The van der Waals surface area contributed by atoms with Crippen LogP contribution < -0.4 is 10.5 Å². The number of halogens is 1.